The van der Waals surface area contributed by atoms with Crippen molar-refractivity contribution < 1.29 is 9.90 Å². The monoisotopic (exact) mass is 274 g/mol. The van der Waals surface area contributed by atoms with Gasteiger partial charge < -0.3 is 5.11 Å². The van der Waals surface area contributed by atoms with Gasteiger partial charge in [0.2, 0.25) is 0 Å². The summed E-state index contributed by atoms with van der Waals surface area (Å²) >= 11 is 5.41. The average Bonchev–Trinajstić information content (AvgIpc) is 2.46. The van der Waals surface area contributed by atoms with Crippen molar-refractivity contribution in [3.63, 3.8) is 0 Å². The van der Waals surface area contributed by atoms with Crippen LogP contribution < -0.4 is 0 Å². The van der Waals surface area contributed by atoms with Crippen LogP contribution in [0.25, 0.3) is 11.1 Å². The summed E-state index contributed by atoms with van der Waals surface area (Å²) in [6.45, 7) is 1.94. The van der Waals surface area contributed by atoms with Crippen molar-refractivity contribution in [1.29, 1.82) is 0 Å². The van der Waals surface area contributed by atoms with Crippen LogP contribution in [0.1, 0.15) is 35.4 Å². The Hall–Kier alpha value is -1.64. The Kier molecular flexibility index (Phi) is 4.35. The van der Waals surface area contributed by atoms with Gasteiger partial charge in [-0.2, -0.15) is 0 Å². The summed E-state index contributed by atoms with van der Waals surface area (Å²) in [6.07, 6.45) is 0.289. The van der Waals surface area contributed by atoms with Gasteiger partial charge in [0.05, 0.1) is 6.10 Å². The first kappa shape index (κ1) is 13.8. The van der Waals surface area contributed by atoms with Crippen LogP contribution in [0, 0.1) is 0 Å². The predicted octanol–water partition coefficient (Wildman–Crippen LogP) is 4.18. The third-order valence-electron chi connectivity index (χ3n) is 3.13. The maximum Gasteiger partial charge on any atom is 0.252 e. The second-order valence-electron chi connectivity index (χ2n) is 4.40. The van der Waals surface area contributed by atoms with Crippen LogP contribution in [0.15, 0.2) is 48.5 Å². The highest BCUT2D eigenvalue weighted by molar-refractivity contribution is 6.67. The van der Waals surface area contributed by atoms with Crippen LogP contribution in [0.2, 0.25) is 0 Å². The van der Waals surface area contributed by atoms with Crippen LogP contribution in [-0.4, -0.2) is 10.3 Å². The number of aliphatic hydroxyl groups is 1. The van der Waals surface area contributed by atoms with Gasteiger partial charge in [0.25, 0.3) is 5.24 Å². The maximum absolute atomic E-state index is 11.0. The lowest BCUT2D eigenvalue weighted by Crippen LogP contribution is -1.94. The van der Waals surface area contributed by atoms with Gasteiger partial charge in [0, 0.05) is 5.56 Å². The number of carbonyl (C=O) groups is 1. The van der Waals surface area contributed by atoms with E-state index in [9.17, 15) is 9.90 Å². The number of hydrogen-bond donors (Lipinski definition) is 1. The molecule has 0 aliphatic heterocycles. The van der Waals surface area contributed by atoms with Gasteiger partial charge in [-0.3, -0.25) is 4.79 Å². The Morgan fingerprint density at radius 1 is 1.05 bits per heavy atom. The molecule has 0 aliphatic carbocycles. The molecule has 0 heterocycles. The highest BCUT2D eigenvalue weighted by Crippen LogP contribution is 2.23. The van der Waals surface area contributed by atoms with Crippen molar-refractivity contribution in [3.05, 3.63) is 59.7 Å². The van der Waals surface area contributed by atoms with Gasteiger partial charge in [0.15, 0.2) is 0 Å². The standard InChI is InChI=1S/C16H15ClO2/c1-2-15(18)13-7-3-11(4-8-13)12-5-9-14(10-6-12)16(17)19/h3-10,15,18H,2H2,1H3. The summed E-state index contributed by atoms with van der Waals surface area (Å²) < 4.78 is 0. The van der Waals surface area contributed by atoms with E-state index in [4.69, 9.17) is 11.6 Å². The number of hydrogen-bond acceptors (Lipinski definition) is 2. The van der Waals surface area contributed by atoms with Gasteiger partial charge in [-0.25, -0.2) is 0 Å². The van der Waals surface area contributed by atoms with Crippen LogP contribution in [0.3, 0.4) is 0 Å². The van der Waals surface area contributed by atoms with E-state index in [-0.39, 0.29) is 0 Å². The summed E-state index contributed by atoms with van der Waals surface area (Å²) in [5.41, 5.74) is 3.46. The maximum atomic E-state index is 11.0. The van der Waals surface area contributed by atoms with Crippen molar-refractivity contribution in [2.45, 2.75) is 19.4 Å². The lowest BCUT2D eigenvalue weighted by atomic mass is 10.0. The summed E-state index contributed by atoms with van der Waals surface area (Å²) in [4.78, 5) is 11.0. The Morgan fingerprint density at radius 2 is 1.53 bits per heavy atom. The summed E-state index contributed by atoms with van der Waals surface area (Å²) in [6, 6.07) is 14.9. The third-order valence-corrected chi connectivity index (χ3v) is 3.35. The minimum Gasteiger partial charge on any atom is -0.388 e. The number of rotatable bonds is 4. The van der Waals surface area contributed by atoms with E-state index < -0.39 is 11.3 Å². The van der Waals surface area contributed by atoms with E-state index in [0.29, 0.717) is 12.0 Å². The molecule has 0 fully saturated rings. The first-order valence-electron chi connectivity index (χ1n) is 6.20. The molecule has 0 radical (unpaired) electrons. The number of carbonyl (C=O) groups excluding carboxylic acids is 1. The molecule has 19 heavy (non-hydrogen) atoms. The molecule has 98 valence electrons. The van der Waals surface area contributed by atoms with Crippen molar-refractivity contribution in [3.8, 4) is 11.1 Å². The first-order chi connectivity index (χ1) is 9.11. The molecular formula is C16H15ClO2. The molecular weight excluding hydrogens is 260 g/mol. The molecule has 0 bridgehead atoms. The summed E-state index contributed by atoms with van der Waals surface area (Å²) in [5, 5.41) is 9.29. The largest absolute Gasteiger partial charge is 0.388 e. The van der Waals surface area contributed by atoms with Crippen LogP contribution >= 0.6 is 11.6 Å². The Morgan fingerprint density at radius 3 is 1.95 bits per heavy atom. The molecule has 0 spiro atoms. The highest BCUT2D eigenvalue weighted by atomic mass is 35.5. The molecule has 2 nitrogen and oxygen atoms in total. The van der Waals surface area contributed by atoms with Crippen molar-refractivity contribution in [2.75, 3.05) is 0 Å². The fraction of sp³-hybridized carbons (Fsp3) is 0.188. The van der Waals surface area contributed by atoms with Crippen molar-refractivity contribution >= 4 is 16.8 Å². The topological polar surface area (TPSA) is 37.3 Å². The minimum atomic E-state index is -0.451. The van der Waals surface area contributed by atoms with Gasteiger partial charge >= 0.3 is 0 Å². The first-order valence-corrected chi connectivity index (χ1v) is 6.58. The SMILES string of the molecule is CCC(O)c1ccc(-c2ccc(C(=O)Cl)cc2)cc1. The van der Waals surface area contributed by atoms with Crippen LogP contribution in [-0.2, 0) is 0 Å². The quantitative estimate of drug-likeness (QED) is 0.850. The minimum absolute atomic E-state index is 0.412. The fourth-order valence-corrected chi connectivity index (χ4v) is 2.05. The number of aliphatic hydroxyl groups excluding tert-OH is 1. The fourth-order valence-electron chi connectivity index (χ4n) is 1.93. The number of halogens is 1. The molecule has 2 rings (SSSR count). The highest BCUT2D eigenvalue weighted by Gasteiger charge is 2.06. The molecule has 0 saturated carbocycles. The van der Waals surface area contributed by atoms with Crippen LogP contribution in [0.5, 0.6) is 0 Å². The van der Waals surface area contributed by atoms with Gasteiger partial charge in [0.1, 0.15) is 0 Å². The van der Waals surface area contributed by atoms with E-state index in [1.54, 1.807) is 12.1 Å². The lowest BCUT2D eigenvalue weighted by molar-refractivity contribution is 0.108. The zero-order valence-corrected chi connectivity index (χ0v) is 11.4. The summed E-state index contributed by atoms with van der Waals surface area (Å²) in [5.74, 6) is 0. The van der Waals surface area contributed by atoms with E-state index in [0.717, 1.165) is 16.7 Å². The summed E-state index contributed by atoms with van der Waals surface area (Å²) in [7, 11) is 0. The Bertz CT molecular complexity index is 558. The van der Waals surface area contributed by atoms with Gasteiger partial charge in [-0.05, 0) is 46.8 Å². The molecule has 1 atom stereocenters. The molecule has 0 aliphatic rings. The molecule has 0 amide bonds. The van der Waals surface area contributed by atoms with E-state index in [2.05, 4.69) is 0 Å². The van der Waals surface area contributed by atoms with E-state index >= 15 is 0 Å². The zero-order chi connectivity index (χ0) is 13.8. The average molecular weight is 275 g/mol. The van der Waals surface area contributed by atoms with Gasteiger partial charge in [-0.15, -0.1) is 0 Å². The number of benzene rings is 2. The van der Waals surface area contributed by atoms with Crippen molar-refractivity contribution in [2.24, 2.45) is 0 Å². The third kappa shape index (κ3) is 3.22. The lowest BCUT2D eigenvalue weighted by Gasteiger charge is -2.09. The molecule has 0 aromatic heterocycles. The van der Waals surface area contributed by atoms with E-state index in [1.807, 2.05) is 43.3 Å². The van der Waals surface area contributed by atoms with E-state index in [1.165, 1.54) is 0 Å². The molecule has 0 saturated heterocycles. The smallest absolute Gasteiger partial charge is 0.252 e. The predicted molar refractivity (Wildman–Crippen MR) is 77.3 cm³/mol. The Labute approximate surface area is 117 Å². The second kappa shape index (κ2) is 6.00. The molecule has 2 aromatic carbocycles. The normalized spacial score (nSPS) is 12.2. The molecule has 2 aromatic rings. The van der Waals surface area contributed by atoms with Gasteiger partial charge in [-0.1, -0.05) is 43.3 Å². The van der Waals surface area contributed by atoms with Crippen molar-refractivity contribution in [1.82, 2.24) is 0 Å². The zero-order valence-electron chi connectivity index (χ0n) is 10.6. The molecule has 3 heteroatoms. The van der Waals surface area contributed by atoms with Crippen LogP contribution in [0.4, 0.5) is 0 Å². The Balaban J connectivity index is 2.24. The second-order valence-corrected chi connectivity index (χ2v) is 4.74. The molecule has 1 unspecified atom stereocenters. The molecule has 1 N–H and O–H groups in total.